The van der Waals surface area contributed by atoms with Crippen molar-refractivity contribution >= 4 is 16.5 Å². The standard InChI is InChI=1S/C19H24N2O2/c1-2-11-20-12-15(22)13-23-21-19-10-9-17-16-6-4-3-5-14(16)7-8-18(17)19/h3-8,15,20,22H,2,9-13H2,1H3. The fourth-order valence-electron chi connectivity index (χ4n) is 3.05. The molecule has 2 N–H and O–H groups in total. The number of nitrogens with one attached hydrogen (secondary N) is 1. The molecule has 1 atom stereocenters. The number of fused-ring (bicyclic) bond motifs is 3. The van der Waals surface area contributed by atoms with Crippen LogP contribution in [-0.4, -0.2) is 36.6 Å². The number of aryl methyl sites for hydroxylation is 1. The molecule has 0 spiro atoms. The molecule has 2 aromatic rings. The second-order valence-corrected chi connectivity index (χ2v) is 6.00. The summed E-state index contributed by atoms with van der Waals surface area (Å²) in [6.07, 6.45) is 2.43. The van der Waals surface area contributed by atoms with Crippen molar-refractivity contribution in [2.75, 3.05) is 19.7 Å². The van der Waals surface area contributed by atoms with E-state index in [1.807, 2.05) is 0 Å². The normalized spacial score (nSPS) is 16.7. The topological polar surface area (TPSA) is 53.8 Å². The van der Waals surface area contributed by atoms with Crippen LogP contribution in [0.4, 0.5) is 0 Å². The zero-order chi connectivity index (χ0) is 16.1. The van der Waals surface area contributed by atoms with E-state index in [1.165, 1.54) is 21.9 Å². The van der Waals surface area contributed by atoms with Crippen LogP contribution in [0.15, 0.2) is 41.6 Å². The lowest BCUT2D eigenvalue weighted by Gasteiger charge is -2.10. The average molecular weight is 312 g/mol. The van der Waals surface area contributed by atoms with E-state index in [0.717, 1.165) is 31.5 Å². The van der Waals surface area contributed by atoms with Crippen molar-refractivity contribution < 1.29 is 9.94 Å². The lowest BCUT2D eigenvalue weighted by molar-refractivity contribution is 0.0404. The molecule has 0 heterocycles. The lowest BCUT2D eigenvalue weighted by atomic mass is 10.0. The minimum atomic E-state index is -0.525. The molecule has 4 nitrogen and oxygen atoms in total. The minimum Gasteiger partial charge on any atom is -0.393 e. The number of aliphatic hydroxyl groups excluding tert-OH is 1. The molecule has 0 saturated carbocycles. The molecular weight excluding hydrogens is 288 g/mol. The molecule has 0 bridgehead atoms. The van der Waals surface area contributed by atoms with E-state index in [1.54, 1.807) is 0 Å². The van der Waals surface area contributed by atoms with Crippen LogP contribution < -0.4 is 5.32 Å². The Morgan fingerprint density at radius 2 is 2.09 bits per heavy atom. The van der Waals surface area contributed by atoms with Crippen LogP contribution in [-0.2, 0) is 11.3 Å². The molecule has 0 radical (unpaired) electrons. The van der Waals surface area contributed by atoms with Gasteiger partial charge in [-0.1, -0.05) is 48.5 Å². The van der Waals surface area contributed by atoms with Gasteiger partial charge >= 0.3 is 0 Å². The van der Waals surface area contributed by atoms with E-state index in [9.17, 15) is 5.11 Å². The number of rotatable bonds is 7. The average Bonchev–Trinajstić information content (AvgIpc) is 2.99. The van der Waals surface area contributed by atoms with E-state index in [4.69, 9.17) is 4.84 Å². The van der Waals surface area contributed by atoms with Crippen LogP contribution in [0.1, 0.15) is 30.9 Å². The summed E-state index contributed by atoms with van der Waals surface area (Å²) in [6, 6.07) is 12.7. The van der Waals surface area contributed by atoms with E-state index >= 15 is 0 Å². The summed E-state index contributed by atoms with van der Waals surface area (Å²) in [5.74, 6) is 0. The van der Waals surface area contributed by atoms with Gasteiger partial charge in [0.15, 0.2) is 0 Å². The predicted octanol–water partition coefficient (Wildman–Crippen LogP) is 2.87. The van der Waals surface area contributed by atoms with Gasteiger partial charge in [-0.2, -0.15) is 0 Å². The van der Waals surface area contributed by atoms with Gasteiger partial charge in [0.2, 0.25) is 0 Å². The summed E-state index contributed by atoms with van der Waals surface area (Å²) in [4.78, 5) is 5.38. The minimum absolute atomic E-state index is 0.225. The van der Waals surface area contributed by atoms with E-state index in [0.29, 0.717) is 6.54 Å². The molecule has 0 aliphatic heterocycles. The number of aliphatic hydroxyl groups is 1. The highest BCUT2D eigenvalue weighted by Gasteiger charge is 2.20. The third kappa shape index (κ3) is 3.71. The number of hydrogen-bond acceptors (Lipinski definition) is 4. The Hall–Kier alpha value is -1.91. The molecule has 23 heavy (non-hydrogen) atoms. The number of benzene rings is 2. The summed E-state index contributed by atoms with van der Waals surface area (Å²) in [5, 5.41) is 19.8. The highest BCUT2D eigenvalue weighted by molar-refractivity contribution is 6.08. The van der Waals surface area contributed by atoms with Crippen LogP contribution in [0.5, 0.6) is 0 Å². The number of hydrogen-bond donors (Lipinski definition) is 2. The first-order chi connectivity index (χ1) is 11.3. The summed E-state index contributed by atoms with van der Waals surface area (Å²) >= 11 is 0. The highest BCUT2D eigenvalue weighted by Crippen LogP contribution is 2.30. The molecule has 4 heteroatoms. The first kappa shape index (κ1) is 16.0. The summed E-state index contributed by atoms with van der Waals surface area (Å²) in [5.41, 5.74) is 3.53. The van der Waals surface area contributed by atoms with Crippen molar-refractivity contribution in [2.45, 2.75) is 32.3 Å². The van der Waals surface area contributed by atoms with Gasteiger partial charge in [-0.15, -0.1) is 0 Å². The van der Waals surface area contributed by atoms with Crippen molar-refractivity contribution in [1.29, 1.82) is 0 Å². The Balaban J connectivity index is 1.64. The van der Waals surface area contributed by atoms with Crippen LogP contribution in [0.2, 0.25) is 0 Å². The smallest absolute Gasteiger partial charge is 0.144 e. The van der Waals surface area contributed by atoms with Crippen molar-refractivity contribution in [2.24, 2.45) is 5.16 Å². The van der Waals surface area contributed by atoms with Gasteiger partial charge in [0.1, 0.15) is 12.7 Å². The van der Waals surface area contributed by atoms with Gasteiger partial charge in [0.05, 0.1) is 5.71 Å². The van der Waals surface area contributed by atoms with Crippen molar-refractivity contribution in [3.8, 4) is 0 Å². The van der Waals surface area contributed by atoms with Crippen LogP contribution in [0, 0.1) is 0 Å². The largest absolute Gasteiger partial charge is 0.393 e. The summed E-state index contributed by atoms with van der Waals surface area (Å²) in [6.45, 7) is 3.78. The third-order valence-electron chi connectivity index (χ3n) is 4.21. The van der Waals surface area contributed by atoms with Crippen molar-refractivity contribution in [3.05, 3.63) is 47.5 Å². The summed E-state index contributed by atoms with van der Waals surface area (Å²) in [7, 11) is 0. The molecule has 3 rings (SSSR count). The van der Waals surface area contributed by atoms with E-state index in [-0.39, 0.29) is 6.61 Å². The fraction of sp³-hybridized carbons (Fsp3) is 0.421. The number of oxime groups is 1. The van der Waals surface area contributed by atoms with Crippen LogP contribution in [0.3, 0.4) is 0 Å². The van der Waals surface area contributed by atoms with Crippen molar-refractivity contribution in [1.82, 2.24) is 5.32 Å². The van der Waals surface area contributed by atoms with Gasteiger partial charge in [0.25, 0.3) is 0 Å². The van der Waals surface area contributed by atoms with Gasteiger partial charge in [-0.25, -0.2) is 0 Å². The Kier molecular flexibility index (Phi) is 5.26. The van der Waals surface area contributed by atoms with E-state index in [2.05, 4.69) is 53.8 Å². The Bertz CT molecular complexity index is 697. The lowest BCUT2D eigenvalue weighted by Crippen LogP contribution is -2.30. The van der Waals surface area contributed by atoms with Gasteiger partial charge < -0.3 is 15.3 Å². The monoisotopic (exact) mass is 312 g/mol. The Morgan fingerprint density at radius 3 is 2.96 bits per heavy atom. The Labute approximate surface area is 137 Å². The molecule has 1 unspecified atom stereocenters. The first-order valence-corrected chi connectivity index (χ1v) is 8.38. The number of nitrogens with zero attached hydrogens (tertiary/aromatic N) is 1. The van der Waals surface area contributed by atoms with Crippen LogP contribution in [0.25, 0.3) is 10.8 Å². The molecule has 0 aromatic heterocycles. The molecule has 0 amide bonds. The van der Waals surface area contributed by atoms with Gasteiger partial charge in [-0.05, 0) is 42.1 Å². The molecule has 1 aliphatic rings. The first-order valence-electron chi connectivity index (χ1n) is 8.38. The molecule has 0 fully saturated rings. The maximum absolute atomic E-state index is 9.83. The van der Waals surface area contributed by atoms with Crippen LogP contribution >= 0.6 is 0 Å². The molecule has 1 aliphatic carbocycles. The maximum Gasteiger partial charge on any atom is 0.144 e. The second kappa shape index (κ2) is 7.57. The zero-order valence-electron chi connectivity index (χ0n) is 13.6. The molecule has 2 aromatic carbocycles. The zero-order valence-corrected chi connectivity index (χ0v) is 13.6. The second-order valence-electron chi connectivity index (χ2n) is 6.00. The third-order valence-corrected chi connectivity index (χ3v) is 4.21. The van der Waals surface area contributed by atoms with Gasteiger partial charge in [0, 0.05) is 12.1 Å². The molecule has 0 saturated heterocycles. The fourth-order valence-corrected chi connectivity index (χ4v) is 3.05. The quantitative estimate of drug-likeness (QED) is 0.610. The summed E-state index contributed by atoms with van der Waals surface area (Å²) < 4.78 is 0. The SMILES string of the molecule is CCCNCC(O)CON=C1CCc2c1ccc1ccccc21. The molecular formula is C19H24N2O2. The Morgan fingerprint density at radius 1 is 1.22 bits per heavy atom. The highest BCUT2D eigenvalue weighted by atomic mass is 16.6. The van der Waals surface area contributed by atoms with Gasteiger partial charge in [-0.3, -0.25) is 0 Å². The van der Waals surface area contributed by atoms with E-state index < -0.39 is 6.10 Å². The maximum atomic E-state index is 9.83. The van der Waals surface area contributed by atoms with Crippen molar-refractivity contribution in [3.63, 3.8) is 0 Å². The molecule has 122 valence electrons. The predicted molar refractivity (Wildman–Crippen MR) is 93.9 cm³/mol.